The van der Waals surface area contributed by atoms with Gasteiger partial charge >= 0.3 is 0 Å². The van der Waals surface area contributed by atoms with Crippen LogP contribution in [0.25, 0.3) is 0 Å². The van der Waals surface area contributed by atoms with E-state index in [1.165, 1.54) is 19.3 Å². The Balaban J connectivity index is 1.75. The largest absolute Gasteiger partial charge is 0.378 e. The molecule has 0 aliphatic carbocycles. The lowest BCUT2D eigenvalue weighted by Crippen LogP contribution is -2.20. The van der Waals surface area contributed by atoms with Crippen molar-refractivity contribution in [3.63, 3.8) is 0 Å². The molecule has 110 valence electrons. The molecule has 1 fully saturated rings. The van der Waals surface area contributed by atoms with Gasteiger partial charge in [0.05, 0.1) is 11.0 Å². The summed E-state index contributed by atoms with van der Waals surface area (Å²) in [6.45, 7) is 0.903. The highest BCUT2D eigenvalue weighted by molar-refractivity contribution is 9.09. The van der Waals surface area contributed by atoms with Gasteiger partial charge in [0.2, 0.25) is 0 Å². The van der Waals surface area contributed by atoms with Crippen LogP contribution in [0.2, 0.25) is 0 Å². The van der Waals surface area contributed by atoms with Gasteiger partial charge in [-0.15, -0.1) is 0 Å². The van der Waals surface area contributed by atoms with Gasteiger partial charge in [0.15, 0.2) is 0 Å². The number of alkyl halides is 1. The number of benzene rings is 1. The molecule has 1 aliphatic rings. The highest BCUT2D eigenvalue weighted by Gasteiger charge is 2.16. The standard InChI is InChI=1S/C15H20BrNO3/c16-13(6-9-15-3-1-2-10-20-15)11-12-4-7-14(8-5-12)17(18)19/h4-5,7-8,13,15H,1-3,6,9-11H2. The lowest BCUT2D eigenvalue weighted by Gasteiger charge is -2.23. The van der Waals surface area contributed by atoms with Crippen molar-refractivity contribution in [1.29, 1.82) is 0 Å². The maximum Gasteiger partial charge on any atom is 0.269 e. The quantitative estimate of drug-likeness (QED) is 0.441. The zero-order valence-corrected chi connectivity index (χ0v) is 13.0. The molecule has 2 rings (SSSR count). The highest BCUT2D eigenvalue weighted by atomic mass is 79.9. The Labute approximate surface area is 127 Å². The van der Waals surface area contributed by atoms with E-state index < -0.39 is 0 Å². The summed E-state index contributed by atoms with van der Waals surface area (Å²) in [7, 11) is 0. The molecule has 1 saturated heterocycles. The minimum Gasteiger partial charge on any atom is -0.378 e. The van der Waals surface area contributed by atoms with Crippen LogP contribution >= 0.6 is 15.9 Å². The predicted octanol–water partition coefficient (Wildman–Crippen LogP) is 4.25. The third-order valence-corrected chi connectivity index (χ3v) is 4.46. The van der Waals surface area contributed by atoms with Gasteiger partial charge in [-0.05, 0) is 44.1 Å². The van der Waals surface area contributed by atoms with Gasteiger partial charge in [0.1, 0.15) is 0 Å². The van der Waals surface area contributed by atoms with E-state index in [-0.39, 0.29) is 10.6 Å². The Morgan fingerprint density at radius 1 is 1.35 bits per heavy atom. The number of non-ortho nitro benzene ring substituents is 1. The molecule has 0 spiro atoms. The fourth-order valence-electron chi connectivity index (χ4n) is 2.51. The molecule has 0 bridgehead atoms. The number of nitro groups is 1. The molecular formula is C15H20BrNO3. The number of rotatable bonds is 6. The summed E-state index contributed by atoms with van der Waals surface area (Å²) in [4.78, 5) is 10.6. The first kappa shape index (κ1) is 15.4. The van der Waals surface area contributed by atoms with Crippen LogP contribution in [0.5, 0.6) is 0 Å². The summed E-state index contributed by atoms with van der Waals surface area (Å²) in [6.07, 6.45) is 7.12. The van der Waals surface area contributed by atoms with Gasteiger partial charge in [-0.25, -0.2) is 0 Å². The molecule has 0 aromatic heterocycles. The lowest BCUT2D eigenvalue weighted by molar-refractivity contribution is -0.384. The van der Waals surface area contributed by atoms with E-state index in [9.17, 15) is 10.1 Å². The van der Waals surface area contributed by atoms with E-state index in [0.29, 0.717) is 10.9 Å². The summed E-state index contributed by atoms with van der Waals surface area (Å²) in [5.74, 6) is 0. The van der Waals surface area contributed by atoms with Crippen molar-refractivity contribution in [3.8, 4) is 0 Å². The summed E-state index contributed by atoms with van der Waals surface area (Å²) in [6, 6.07) is 6.81. The highest BCUT2D eigenvalue weighted by Crippen LogP contribution is 2.22. The second-order valence-corrected chi connectivity index (χ2v) is 6.59. The molecule has 5 heteroatoms. The molecule has 1 aliphatic heterocycles. The monoisotopic (exact) mass is 341 g/mol. The van der Waals surface area contributed by atoms with Gasteiger partial charge in [0, 0.05) is 23.6 Å². The average Bonchev–Trinajstić information content (AvgIpc) is 2.47. The van der Waals surface area contributed by atoms with Crippen LogP contribution in [0.4, 0.5) is 5.69 Å². The predicted molar refractivity (Wildman–Crippen MR) is 82.3 cm³/mol. The van der Waals surface area contributed by atoms with Gasteiger partial charge in [-0.1, -0.05) is 28.1 Å². The van der Waals surface area contributed by atoms with Crippen molar-refractivity contribution in [2.45, 2.75) is 49.5 Å². The second kappa shape index (κ2) is 7.74. The lowest BCUT2D eigenvalue weighted by atomic mass is 10.0. The first-order valence-corrected chi connectivity index (χ1v) is 8.05. The number of hydrogen-bond acceptors (Lipinski definition) is 3. The van der Waals surface area contributed by atoms with Crippen LogP contribution in [-0.4, -0.2) is 22.5 Å². The van der Waals surface area contributed by atoms with E-state index in [1.54, 1.807) is 12.1 Å². The van der Waals surface area contributed by atoms with Gasteiger partial charge in [0.25, 0.3) is 5.69 Å². The fourth-order valence-corrected chi connectivity index (χ4v) is 3.15. The van der Waals surface area contributed by atoms with Crippen molar-refractivity contribution in [2.24, 2.45) is 0 Å². The molecule has 0 N–H and O–H groups in total. The Hall–Kier alpha value is -0.940. The van der Waals surface area contributed by atoms with Crippen molar-refractivity contribution >= 4 is 21.6 Å². The first-order valence-electron chi connectivity index (χ1n) is 7.14. The number of nitro benzene ring substituents is 1. The van der Waals surface area contributed by atoms with Crippen LogP contribution in [0.1, 0.15) is 37.7 Å². The van der Waals surface area contributed by atoms with Crippen molar-refractivity contribution in [3.05, 3.63) is 39.9 Å². The Kier molecular flexibility index (Phi) is 5.98. The molecule has 0 radical (unpaired) electrons. The van der Waals surface area contributed by atoms with Crippen LogP contribution in [-0.2, 0) is 11.2 Å². The zero-order chi connectivity index (χ0) is 14.4. The fraction of sp³-hybridized carbons (Fsp3) is 0.600. The van der Waals surface area contributed by atoms with Gasteiger partial charge < -0.3 is 4.74 Å². The van der Waals surface area contributed by atoms with Gasteiger partial charge in [-0.3, -0.25) is 10.1 Å². The summed E-state index contributed by atoms with van der Waals surface area (Å²) >= 11 is 3.70. The molecule has 20 heavy (non-hydrogen) atoms. The van der Waals surface area contributed by atoms with Crippen LogP contribution in [0.15, 0.2) is 24.3 Å². The van der Waals surface area contributed by atoms with E-state index in [2.05, 4.69) is 15.9 Å². The summed E-state index contributed by atoms with van der Waals surface area (Å²) in [5.41, 5.74) is 1.28. The van der Waals surface area contributed by atoms with E-state index in [0.717, 1.165) is 31.4 Å². The smallest absolute Gasteiger partial charge is 0.269 e. The molecule has 2 atom stereocenters. The Morgan fingerprint density at radius 3 is 2.70 bits per heavy atom. The third-order valence-electron chi connectivity index (χ3n) is 3.68. The normalized spacial score (nSPS) is 20.6. The average molecular weight is 342 g/mol. The van der Waals surface area contributed by atoms with Crippen molar-refractivity contribution in [2.75, 3.05) is 6.61 Å². The van der Waals surface area contributed by atoms with Crippen LogP contribution < -0.4 is 0 Å². The first-order chi connectivity index (χ1) is 9.65. The summed E-state index contributed by atoms with van der Waals surface area (Å²) < 4.78 is 5.72. The molecular weight excluding hydrogens is 322 g/mol. The van der Waals surface area contributed by atoms with Crippen LogP contribution in [0, 0.1) is 10.1 Å². The molecule has 4 nitrogen and oxygen atoms in total. The van der Waals surface area contributed by atoms with Gasteiger partial charge in [-0.2, -0.15) is 0 Å². The zero-order valence-electron chi connectivity index (χ0n) is 11.5. The maximum absolute atomic E-state index is 10.6. The summed E-state index contributed by atoms with van der Waals surface area (Å²) in [5, 5.41) is 10.6. The van der Waals surface area contributed by atoms with E-state index >= 15 is 0 Å². The molecule has 0 amide bonds. The number of halogens is 1. The topological polar surface area (TPSA) is 52.4 Å². The Bertz CT molecular complexity index is 429. The molecule has 2 unspecified atom stereocenters. The molecule has 1 heterocycles. The van der Waals surface area contributed by atoms with E-state index in [4.69, 9.17) is 4.74 Å². The maximum atomic E-state index is 10.6. The van der Waals surface area contributed by atoms with Crippen molar-refractivity contribution in [1.82, 2.24) is 0 Å². The van der Waals surface area contributed by atoms with Crippen LogP contribution in [0.3, 0.4) is 0 Å². The Morgan fingerprint density at radius 2 is 2.10 bits per heavy atom. The number of ether oxygens (including phenoxy) is 1. The molecule has 1 aromatic rings. The van der Waals surface area contributed by atoms with Crippen molar-refractivity contribution < 1.29 is 9.66 Å². The SMILES string of the molecule is O=[N+]([O-])c1ccc(CC(Br)CCC2CCCCO2)cc1. The molecule has 1 aromatic carbocycles. The molecule has 0 saturated carbocycles. The van der Waals surface area contributed by atoms with E-state index in [1.807, 2.05) is 12.1 Å². The third kappa shape index (κ3) is 4.87. The second-order valence-electron chi connectivity index (χ2n) is 5.29. The minimum atomic E-state index is -0.365. The number of nitrogens with zero attached hydrogens (tertiary/aromatic N) is 1. The number of hydrogen-bond donors (Lipinski definition) is 0. The minimum absolute atomic E-state index is 0.149.